The third-order valence-corrected chi connectivity index (χ3v) is 7.36. The number of rotatable bonds is 4. The van der Waals surface area contributed by atoms with E-state index in [9.17, 15) is 48.3 Å². The van der Waals surface area contributed by atoms with Crippen LogP contribution in [0.25, 0.3) is 0 Å². The quantitative estimate of drug-likeness (QED) is 0.0583. The van der Waals surface area contributed by atoms with Crippen LogP contribution in [0.4, 0.5) is 83.4 Å². The minimum Gasteiger partial charge on any atom is -0.208 e. The Morgan fingerprint density at radius 3 is 0.765 bits per heavy atom. The minimum absolute atomic E-state index is 1.85. The molecule has 0 atom stereocenters. The maximum absolute atomic E-state index is 15.3. The van der Waals surface area contributed by atoms with Crippen LogP contribution in [-0.2, 0) is 7.05 Å². The van der Waals surface area contributed by atoms with Crippen LogP contribution in [0, 0.1) is 111 Å². The molecule has 2 aromatic heterocycles. The van der Waals surface area contributed by atoms with Crippen molar-refractivity contribution < 1.29 is 88.0 Å². The third kappa shape index (κ3) is 5.78. The summed E-state index contributed by atoms with van der Waals surface area (Å²) in [7, 11) is 2.00. The van der Waals surface area contributed by atoms with Crippen LogP contribution in [0.15, 0.2) is 30.6 Å². The summed E-state index contributed by atoms with van der Waals surface area (Å²) in [4.78, 5) is 1.85. The van der Waals surface area contributed by atoms with Gasteiger partial charge in [-0.2, -0.15) is 13.8 Å². The Bertz CT molecular complexity index is 1950. The number of hydrogen-bond acceptors (Lipinski definition) is 1. The Labute approximate surface area is 269 Å². The Morgan fingerprint density at radius 2 is 0.549 bits per heavy atom. The van der Waals surface area contributed by atoms with Crippen molar-refractivity contribution in [3.05, 3.63) is 141 Å². The molecule has 0 spiro atoms. The topological polar surface area (TPSA) is 16.8 Å². The van der Waals surface area contributed by atoms with Gasteiger partial charge in [0.2, 0.25) is 11.9 Å². The zero-order valence-electron chi connectivity index (χ0n) is 24.0. The molecule has 0 aliphatic rings. The highest BCUT2D eigenvalue weighted by Gasteiger charge is 2.52. The molecule has 0 bridgehead atoms. The van der Waals surface area contributed by atoms with Crippen LogP contribution >= 0.6 is 0 Å². The smallest absolute Gasteiger partial charge is 0.208 e. The molecule has 0 fully saturated rings. The van der Waals surface area contributed by atoms with Gasteiger partial charge in [0.25, 0.3) is 0 Å². The second kappa shape index (κ2) is 13.8. The van der Waals surface area contributed by atoms with Crippen molar-refractivity contribution in [3.63, 3.8) is 0 Å². The molecule has 2 nitrogen and oxygen atoms in total. The van der Waals surface area contributed by atoms with Crippen molar-refractivity contribution in [2.45, 2.75) is 0 Å². The molecule has 0 aliphatic carbocycles. The minimum atomic E-state index is -7.08. The maximum Gasteiger partial charge on any atom is 0.248 e. The van der Waals surface area contributed by atoms with Gasteiger partial charge in [0, 0.05) is 12.1 Å². The van der Waals surface area contributed by atoms with Gasteiger partial charge in [0.05, 0.1) is 0 Å². The lowest BCUT2D eigenvalue weighted by Gasteiger charge is -2.44. The SMILES string of the molecule is C[n+]1ccccc1.Fc1nc(F)c(F)c([B-](c2c(F)c(F)c(F)c(F)c2F)(c2c(F)c(F)c(F)c(F)c2F)c2c(F)c(F)c(F)c(F)c2F)c1F. The Balaban J connectivity index is 0.000000742. The molecule has 5 aromatic rings. The first-order valence-electron chi connectivity index (χ1n) is 13.0. The summed E-state index contributed by atoms with van der Waals surface area (Å²) in [6.07, 6.45) is -3.08. The van der Waals surface area contributed by atoms with E-state index in [1.165, 1.54) is 0 Å². The average molecular weight is 756 g/mol. The van der Waals surface area contributed by atoms with Crippen molar-refractivity contribution in [2.24, 2.45) is 7.05 Å². The molecule has 22 heteroatoms. The summed E-state index contributed by atoms with van der Waals surface area (Å²) in [5.74, 6) is -65.9. The van der Waals surface area contributed by atoms with Crippen molar-refractivity contribution in [3.8, 4) is 0 Å². The van der Waals surface area contributed by atoms with Gasteiger partial charge in [-0.25, -0.2) is 79.2 Å². The standard InChI is InChI=1S/C23BF19N.C6H8N/c25-5-1(6(26)14(34)19(39)13(5)33)24(4-11(31)22(42)44-23(43)12(4)32,2-7(27)15(35)20(40)16(36)8(2)28)3-9(29)17(37)21(41)18(38)10(3)30;1-7-5-3-2-4-6-7/h;2-6H,1H3/q-1;+1. The molecular weight excluding hydrogens is 748 g/mol. The van der Waals surface area contributed by atoms with Crippen LogP contribution in [0.2, 0.25) is 0 Å². The molecule has 5 rings (SSSR count). The number of hydrogen-bond donors (Lipinski definition) is 0. The van der Waals surface area contributed by atoms with Crippen LogP contribution < -0.4 is 26.4 Å². The highest BCUT2D eigenvalue weighted by Crippen LogP contribution is 2.29. The van der Waals surface area contributed by atoms with Crippen LogP contribution in [-0.4, -0.2) is 11.1 Å². The van der Waals surface area contributed by atoms with E-state index in [2.05, 4.69) is 0 Å². The van der Waals surface area contributed by atoms with E-state index in [0.717, 1.165) is 0 Å². The summed E-state index contributed by atoms with van der Waals surface area (Å²) >= 11 is 0. The van der Waals surface area contributed by atoms with E-state index in [4.69, 9.17) is 0 Å². The molecule has 0 saturated carbocycles. The van der Waals surface area contributed by atoms with E-state index in [0.29, 0.717) is 0 Å². The fraction of sp³-hybridized carbons (Fsp3) is 0.0345. The normalized spacial score (nSPS) is 11.5. The molecular formula is C29H8BF19N2. The summed E-state index contributed by atoms with van der Waals surface area (Å²) < 4.78 is 281. The van der Waals surface area contributed by atoms with Gasteiger partial charge in [-0.05, 0) is 0 Å². The first-order chi connectivity index (χ1) is 23.7. The molecule has 0 aliphatic heterocycles. The Morgan fingerprint density at radius 1 is 0.333 bits per heavy atom. The molecule has 3 aromatic carbocycles. The lowest BCUT2D eigenvalue weighted by atomic mass is 9.12. The number of pyridine rings is 2. The van der Waals surface area contributed by atoms with Gasteiger partial charge in [-0.3, -0.25) is 0 Å². The van der Waals surface area contributed by atoms with Gasteiger partial charge < -0.3 is 0 Å². The van der Waals surface area contributed by atoms with Gasteiger partial charge in [0.15, 0.2) is 64.7 Å². The lowest BCUT2D eigenvalue weighted by molar-refractivity contribution is -0.671. The highest BCUT2D eigenvalue weighted by molar-refractivity contribution is 7.20. The predicted molar refractivity (Wildman–Crippen MR) is 135 cm³/mol. The summed E-state index contributed by atoms with van der Waals surface area (Å²) in [6.45, 7) is 0. The maximum atomic E-state index is 15.3. The predicted octanol–water partition coefficient (Wildman–Crippen LogP) is 5.61. The molecule has 0 amide bonds. The first-order valence-corrected chi connectivity index (χ1v) is 13.0. The van der Waals surface area contributed by atoms with Crippen LogP contribution in [0.5, 0.6) is 0 Å². The number of aromatic nitrogens is 2. The zero-order valence-corrected chi connectivity index (χ0v) is 24.0. The zero-order chi connectivity index (χ0) is 38.6. The van der Waals surface area contributed by atoms with E-state index < -0.39 is 139 Å². The number of halogens is 19. The van der Waals surface area contributed by atoms with E-state index in [1.807, 2.05) is 47.2 Å². The van der Waals surface area contributed by atoms with Gasteiger partial charge in [-0.1, -0.05) is 6.07 Å². The molecule has 270 valence electrons. The molecule has 0 radical (unpaired) electrons. The monoisotopic (exact) mass is 756 g/mol. The van der Waals surface area contributed by atoms with E-state index >= 15 is 35.1 Å². The fourth-order valence-electron chi connectivity index (χ4n) is 5.24. The Hall–Kier alpha value is -5.31. The van der Waals surface area contributed by atoms with Gasteiger partial charge in [-0.15, -0.1) is 21.9 Å². The van der Waals surface area contributed by atoms with Gasteiger partial charge >= 0.3 is 0 Å². The van der Waals surface area contributed by atoms with Crippen LogP contribution in [0.3, 0.4) is 0 Å². The number of benzene rings is 3. The molecule has 2 heterocycles. The summed E-state index contributed by atoms with van der Waals surface area (Å²) in [6, 6.07) is 6.00. The molecule has 0 saturated heterocycles. The molecule has 0 N–H and O–H groups in total. The summed E-state index contributed by atoms with van der Waals surface area (Å²) in [5, 5.41) is 0. The van der Waals surface area contributed by atoms with Crippen molar-refractivity contribution in [2.75, 3.05) is 0 Å². The largest absolute Gasteiger partial charge is 0.248 e. The summed E-state index contributed by atoms with van der Waals surface area (Å²) in [5.41, 5.74) is -13.9. The Kier molecular flexibility index (Phi) is 10.4. The first kappa shape index (κ1) is 38.5. The van der Waals surface area contributed by atoms with E-state index in [1.54, 1.807) is 0 Å². The highest BCUT2D eigenvalue weighted by atomic mass is 19.2. The second-order valence-corrected chi connectivity index (χ2v) is 10.1. The van der Waals surface area contributed by atoms with E-state index in [-0.39, 0.29) is 0 Å². The number of aryl methyl sites for hydroxylation is 1. The lowest BCUT2D eigenvalue weighted by Crippen LogP contribution is -2.81. The van der Waals surface area contributed by atoms with Crippen molar-refractivity contribution >= 4 is 28.0 Å². The van der Waals surface area contributed by atoms with Gasteiger partial charge in [0.1, 0.15) is 59.7 Å². The van der Waals surface area contributed by atoms with Crippen molar-refractivity contribution in [1.29, 1.82) is 0 Å². The van der Waals surface area contributed by atoms with Crippen LogP contribution in [0.1, 0.15) is 0 Å². The fourth-order valence-corrected chi connectivity index (χ4v) is 5.24. The number of nitrogens with zero attached hydrogens (tertiary/aromatic N) is 2. The van der Waals surface area contributed by atoms with Crippen molar-refractivity contribution in [1.82, 2.24) is 4.98 Å². The second-order valence-electron chi connectivity index (χ2n) is 10.1. The third-order valence-electron chi connectivity index (χ3n) is 7.36. The molecule has 51 heavy (non-hydrogen) atoms. The average Bonchev–Trinajstić information content (AvgIpc) is 3.09. The molecule has 0 unspecified atom stereocenters.